The highest BCUT2D eigenvalue weighted by Gasteiger charge is 2.22. The lowest BCUT2D eigenvalue weighted by Crippen LogP contribution is -2.49. The van der Waals surface area contributed by atoms with E-state index in [-0.39, 0.29) is 12.5 Å². The second-order valence-corrected chi connectivity index (χ2v) is 6.36. The van der Waals surface area contributed by atoms with Crippen molar-refractivity contribution >= 4 is 5.91 Å². The molecule has 25 heavy (non-hydrogen) atoms. The molecule has 0 N–H and O–H groups in total. The summed E-state index contributed by atoms with van der Waals surface area (Å²) >= 11 is 0. The van der Waals surface area contributed by atoms with Crippen LogP contribution in [0.4, 0.5) is 0 Å². The van der Waals surface area contributed by atoms with Gasteiger partial charge in [0.2, 0.25) is 11.8 Å². The van der Waals surface area contributed by atoms with Crippen LogP contribution in [0.1, 0.15) is 22.9 Å². The minimum atomic E-state index is 0.0224. The summed E-state index contributed by atoms with van der Waals surface area (Å²) in [6, 6.07) is 5.88. The molecule has 3 rings (SSSR count). The summed E-state index contributed by atoms with van der Waals surface area (Å²) in [5, 5.41) is 7.85. The Morgan fingerprint density at radius 1 is 1.16 bits per heavy atom. The fourth-order valence-corrected chi connectivity index (χ4v) is 2.86. The zero-order chi connectivity index (χ0) is 17.8. The fourth-order valence-electron chi connectivity index (χ4n) is 2.86. The van der Waals surface area contributed by atoms with Crippen LogP contribution in [-0.4, -0.2) is 58.7 Å². The first-order valence-corrected chi connectivity index (χ1v) is 8.51. The molecule has 0 spiro atoms. The van der Waals surface area contributed by atoms with Gasteiger partial charge in [-0.25, -0.2) is 0 Å². The van der Waals surface area contributed by atoms with Gasteiger partial charge in [0, 0.05) is 33.1 Å². The Bertz CT molecular complexity index is 736. The van der Waals surface area contributed by atoms with Crippen molar-refractivity contribution in [1.82, 2.24) is 20.0 Å². The molecule has 0 atom stereocenters. The monoisotopic (exact) mass is 344 g/mol. The molecular weight excluding hydrogens is 320 g/mol. The Hall–Kier alpha value is -2.41. The van der Waals surface area contributed by atoms with E-state index in [1.165, 1.54) is 0 Å². The van der Waals surface area contributed by atoms with Gasteiger partial charge in [-0.15, -0.1) is 10.2 Å². The van der Waals surface area contributed by atoms with Crippen LogP contribution in [0, 0.1) is 20.8 Å². The van der Waals surface area contributed by atoms with Crippen LogP contribution in [-0.2, 0) is 11.3 Å². The summed E-state index contributed by atoms with van der Waals surface area (Å²) in [6.07, 6.45) is 0. The number of carbonyl (C=O) groups is 1. The van der Waals surface area contributed by atoms with Crippen LogP contribution >= 0.6 is 0 Å². The summed E-state index contributed by atoms with van der Waals surface area (Å²) < 4.78 is 11.1. The van der Waals surface area contributed by atoms with E-state index in [4.69, 9.17) is 9.15 Å². The SMILES string of the molecule is Cc1nnc(CN2CCN(C(=O)COc3cccc(C)c3C)CC2)o1. The number of carbonyl (C=O) groups excluding carboxylic acids is 1. The second-order valence-electron chi connectivity index (χ2n) is 6.36. The first-order chi connectivity index (χ1) is 12.0. The third kappa shape index (κ3) is 4.36. The predicted molar refractivity (Wildman–Crippen MR) is 92.3 cm³/mol. The van der Waals surface area contributed by atoms with Crippen LogP contribution in [0.25, 0.3) is 0 Å². The highest BCUT2D eigenvalue weighted by atomic mass is 16.5. The number of hydrogen-bond donors (Lipinski definition) is 0. The molecule has 7 heteroatoms. The van der Waals surface area contributed by atoms with E-state index in [9.17, 15) is 4.79 Å². The largest absolute Gasteiger partial charge is 0.483 e. The van der Waals surface area contributed by atoms with Crippen molar-refractivity contribution in [3.8, 4) is 5.75 Å². The smallest absolute Gasteiger partial charge is 0.260 e. The molecule has 0 bridgehead atoms. The van der Waals surface area contributed by atoms with Crippen molar-refractivity contribution in [1.29, 1.82) is 0 Å². The van der Waals surface area contributed by atoms with Crippen LogP contribution < -0.4 is 4.74 Å². The molecule has 0 radical (unpaired) electrons. The lowest BCUT2D eigenvalue weighted by Gasteiger charge is -2.33. The normalized spacial score (nSPS) is 15.4. The van der Waals surface area contributed by atoms with E-state index in [1.54, 1.807) is 6.92 Å². The molecule has 7 nitrogen and oxygen atoms in total. The molecular formula is C18H24N4O3. The zero-order valence-electron chi connectivity index (χ0n) is 15.0. The van der Waals surface area contributed by atoms with Gasteiger partial charge in [-0.1, -0.05) is 12.1 Å². The number of aromatic nitrogens is 2. The lowest BCUT2D eigenvalue weighted by molar-refractivity contribution is -0.135. The number of piperazine rings is 1. The van der Waals surface area contributed by atoms with Gasteiger partial charge >= 0.3 is 0 Å². The van der Waals surface area contributed by atoms with E-state index >= 15 is 0 Å². The van der Waals surface area contributed by atoms with Crippen LogP contribution in [0.2, 0.25) is 0 Å². The fraction of sp³-hybridized carbons (Fsp3) is 0.500. The molecule has 2 heterocycles. The van der Waals surface area contributed by atoms with Gasteiger partial charge in [-0.05, 0) is 31.0 Å². The molecule has 0 saturated carbocycles. The summed E-state index contributed by atoms with van der Waals surface area (Å²) in [5.74, 6) is 2.00. The topological polar surface area (TPSA) is 71.7 Å². The minimum Gasteiger partial charge on any atom is -0.483 e. The van der Waals surface area contributed by atoms with Gasteiger partial charge in [0.05, 0.1) is 6.54 Å². The van der Waals surface area contributed by atoms with Crippen molar-refractivity contribution in [2.45, 2.75) is 27.3 Å². The van der Waals surface area contributed by atoms with Crippen molar-refractivity contribution in [2.75, 3.05) is 32.8 Å². The average Bonchev–Trinajstić information content (AvgIpc) is 3.01. The zero-order valence-corrected chi connectivity index (χ0v) is 15.0. The van der Waals surface area contributed by atoms with Crippen molar-refractivity contribution < 1.29 is 13.9 Å². The third-order valence-electron chi connectivity index (χ3n) is 4.56. The van der Waals surface area contributed by atoms with Crippen molar-refractivity contribution in [3.05, 3.63) is 41.1 Å². The van der Waals surface area contributed by atoms with E-state index in [0.717, 1.165) is 30.0 Å². The molecule has 1 aromatic heterocycles. The molecule has 0 aliphatic carbocycles. The number of nitrogens with zero attached hydrogens (tertiary/aromatic N) is 4. The Morgan fingerprint density at radius 3 is 2.60 bits per heavy atom. The Balaban J connectivity index is 1.46. The maximum absolute atomic E-state index is 12.4. The maximum atomic E-state index is 12.4. The first-order valence-electron chi connectivity index (χ1n) is 8.51. The van der Waals surface area contributed by atoms with Crippen LogP contribution in [0.3, 0.4) is 0 Å². The summed E-state index contributed by atoms with van der Waals surface area (Å²) in [7, 11) is 0. The summed E-state index contributed by atoms with van der Waals surface area (Å²) in [4.78, 5) is 16.4. The number of ether oxygens (including phenoxy) is 1. The van der Waals surface area contributed by atoms with Crippen LogP contribution in [0.15, 0.2) is 22.6 Å². The molecule has 1 aromatic carbocycles. The number of hydrogen-bond acceptors (Lipinski definition) is 6. The Morgan fingerprint density at radius 2 is 1.92 bits per heavy atom. The average molecular weight is 344 g/mol. The molecule has 1 aliphatic rings. The maximum Gasteiger partial charge on any atom is 0.260 e. The quantitative estimate of drug-likeness (QED) is 0.822. The van der Waals surface area contributed by atoms with Crippen LogP contribution in [0.5, 0.6) is 5.75 Å². The minimum absolute atomic E-state index is 0.0224. The molecule has 1 aliphatic heterocycles. The highest BCUT2D eigenvalue weighted by molar-refractivity contribution is 5.78. The van der Waals surface area contributed by atoms with Gasteiger partial charge in [-0.2, -0.15) is 0 Å². The Labute approximate surface area is 147 Å². The van der Waals surface area contributed by atoms with Crippen molar-refractivity contribution in [3.63, 3.8) is 0 Å². The van der Waals surface area contributed by atoms with E-state index in [0.29, 0.717) is 31.4 Å². The van der Waals surface area contributed by atoms with Gasteiger partial charge in [-0.3, -0.25) is 9.69 Å². The summed E-state index contributed by atoms with van der Waals surface area (Å²) in [5.41, 5.74) is 2.24. The van der Waals surface area contributed by atoms with Crippen molar-refractivity contribution in [2.24, 2.45) is 0 Å². The van der Waals surface area contributed by atoms with Gasteiger partial charge in [0.15, 0.2) is 6.61 Å². The van der Waals surface area contributed by atoms with Gasteiger partial charge < -0.3 is 14.1 Å². The molecule has 134 valence electrons. The number of amides is 1. The highest BCUT2D eigenvalue weighted by Crippen LogP contribution is 2.20. The number of aryl methyl sites for hydroxylation is 2. The van der Waals surface area contributed by atoms with Gasteiger partial charge in [0.25, 0.3) is 5.91 Å². The number of benzene rings is 1. The van der Waals surface area contributed by atoms with Gasteiger partial charge in [0.1, 0.15) is 5.75 Å². The van der Waals surface area contributed by atoms with E-state index < -0.39 is 0 Å². The predicted octanol–water partition coefficient (Wildman–Crippen LogP) is 1.72. The summed E-state index contributed by atoms with van der Waals surface area (Å²) in [6.45, 7) is 9.47. The van der Waals surface area contributed by atoms with E-state index in [2.05, 4.69) is 15.1 Å². The standard InChI is InChI=1S/C18H24N4O3/c1-13-5-4-6-16(14(13)2)24-12-18(23)22-9-7-21(8-10-22)11-17-20-19-15(3)25-17/h4-6H,7-12H2,1-3H3. The van der Waals surface area contributed by atoms with E-state index in [1.807, 2.05) is 36.9 Å². The molecule has 1 amide bonds. The number of rotatable bonds is 5. The molecule has 1 saturated heterocycles. The molecule has 2 aromatic rings. The molecule has 0 unspecified atom stereocenters. The second kappa shape index (κ2) is 7.65. The lowest BCUT2D eigenvalue weighted by atomic mass is 10.1. The Kier molecular flexibility index (Phi) is 5.33. The third-order valence-corrected chi connectivity index (χ3v) is 4.56. The molecule has 1 fully saturated rings. The first kappa shape index (κ1) is 17.4.